The Labute approximate surface area is 158 Å². The number of hydrogen-bond acceptors (Lipinski definition) is 6. The van der Waals surface area contributed by atoms with E-state index in [1.54, 1.807) is 0 Å². The van der Waals surface area contributed by atoms with Gasteiger partial charge in [-0.1, -0.05) is 37.3 Å². The monoisotopic (exact) mass is 390 g/mol. The molecule has 0 aromatic heterocycles. The van der Waals surface area contributed by atoms with Crippen LogP contribution in [0.2, 0.25) is 0 Å². The molecule has 0 spiro atoms. The van der Waals surface area contributed by atoms with Crippen LogP contribution in [0.3, 0.4) is 0 Å². The first-order valence-electron chi connectivity index (χ1n) is 8.75. The maximum Gasteiger partial charge on any atom is 0.338 e. The average molecular weight is 390 g/mol. The predicted molar refractivity (Wildman–Crippen MR) is 99.1 cm³/mol. The van der Waals surface area contributed by atoms with E-state index in [-0.39, 0.29) is 11.0 Å². The Morgan fingerprint density at radius 1 is 1.19 bits per heavy atom. The summed E-state index contributed by atoms with van der Waals surface area (Å²) in [6, 6.07) is 15.2. The molecule has 2 aromatic carbocycles. The summed E-state index contributed by atoms with van der Waals surface area (Å²) in [5, 5.41) is 0. The zero-order valence-electron chi connectivity index (χ0n) is 14.9. The summed E-state index contributed by atoms with van der Waals surface area (Å²) in [6.07, 6.45) is 0.414. The number of hydroxylamine groups is 1. The summed E-state index contributed by atoms with van der Waals surface area (Å²) >= 11 is 0. The zero-order chi connectivity index (χ0) is 19.3. The van der Waals surface area contributed by atoms with Gasteiger partial charge in [0.15, 0.2) is 0 Å². The molecule has 0 bridgehead atoms. The van der Waals surface area contributed by atoms with Crippen LogP contribution in [0.25, 0.3) is 0 Å². The highest BCUT2D eigenvalue weighted by Crippen LogP contribution is 2.26. The second-order valence-corrected chi connectivity index (χ2v) is 7.92. The number of ether oxygens (including phenoxy) is 1. The number of esters is 1. The molecule has 27 heavy (non-hydrogen) atoms. The van der Waals surface area contributed by atoms with Crippen molar-refractivity contribution in [3.8, 4) is 0 Å². The minimum atomic E-state index is -3.75. The van der Waals surface area contributed by atoms with E-state index in [1.807, 2.05) is 37.3 Å². The molecule has 0 saturated carbocycles. The van der Waals surface area contributed by atoms with E-state index in [4.69, 9.17) is 9.57 Å². The lowest BCUT2D eigenvalue weighted by molar-refractivity contribution is 0.0248. The van der Waals surface area contributed by atoms with Gasteiger partial charge in [0.25, 0.3) is 0 Å². The zero-order valence-corrected chi connectivity index (χ0v) is 15.7. The van der Waals surface area contributed by atoms with Crippen molar-refractivity contribution in [2.24, 2.45) is 0 Å². The van der Waals surface area contributed by atoms with Crippen LogP contribution in [0.4, 0.5) is 0 Å². The van der Waals surface area contributed by atoms with Crippen LogP contribution in [0.5, 0.6) is 0 Å². The van der Waals surface area contributed by atoms with Crippen molar-refractivity contribution >= 4 is 16.0 Å². The predicted octanol–water partition coefficient (Wildman–Crippen LogP) is 2.52. The van der Waals surface area contributed by atoms with Gasteiger partial charge in [0.2, 0.25) is 10.0 Å². The SMILES string of the molecule is CCCOC(=O)c1ccc(S(=O)(=O)NC2CC(c3ccccc3)ON2)cc1. The van der Waals surface area contributed by atoms with Crippen LogP contribution in [0.1, 0.15) is 41.8 Å². The fourth-order valence-electron chi connectivity index (χ4n) is 2.72. The molecule has 1 fully saturated rings. The van der Waals surface area contributed by atoms with Crippen molar-refractivity contribution in [3.63, 3.8) is 0 Å². The normalized spacial score (nSPS) is 19.7. The van der Waals surface area contributed by atoms with Gasteiger partial charge in [-0.15, -0.1) is 0 Å². The lowest BCUT2D eigenvalue weighted by Crippen LogP contribution is -2.40. The van der Waals surface area contributed by atoms with Gasteiger partial charge in [-0.25, -0.2) is 13.2 Å². The third-order valence-electron chi connectivity index (χ3n) is 4.11. The van der Waals surface area contributed by atoms with E-state index in [9.17, 15) is 13.2 Å². The van der Waals surface area contributed by atoms with Crippen molar-refractivity contribution in [1.82, 2.24) is 10.2 Å². The van der Waals surface area contributed by atoms with Crippen LogP contribution in [0.15, 0.2) is 59.5 Å². The van der Waals surface area contributed by atoms with Gasteiger partial charge in [-0.3, -0.25) is 4.84 Å². The summed E-state index contributed by atoms with van der Waals surface area (Å²) in [6.45, 7) is 2.23. The maximum atomic E-state index is 12.6. The van der Waals surface area contributed by atoms with Gasteiger partial charge in [-0.05, 0) is 36.2 Å². The highest BCUT2D eigenvalue weighted by molar-refractivity contribution is 7.89. The van der Waals surface area contributed by atoms with Gasteiger partial charge >= 0.3 is 5.97 Å². The topological polar surface area (TPSA) is 93.7 Å². The third kappa shape index (κ3) is 4.92. The number of nitrogens with one attached hydrogen (secondary N) is 2. The molecule has 1 aliphatic rings. The molecule has 144 valence electrons. The lowest BCUT2D eigenvalue weighted by atomic mass is 10.1. The second-order valence-electron chi connectivity index (χ2n) is 6.20. The van der Waals surface area contributed by atoms with Crippen molar-refractivity contribution in [3.05, 3.63) is 65.7 Å². The van der Waals surface area contributed by atoms with Gasteiger partial charge in [0.1, 0.15) is 6.10 Å². The summed E-state index contributed by atoms with van der Waals surface area (Å²) in [7, 11) is -3.75. The molecule has 8 heteroatoms. The van der Waals surface area contributed by atoms with E-state index in [2.05, 4.69) is 10.2 Å². The molecule has 0 amide bonds. The van der Waals surface area contributed by atoms with Gasteiger partial charge in [0, 0.05) is 6.42 Å². The highest BCUT2D eigenvalue weighted by atomic mass is 32.2. The Kier molecular flexibility index (Phi) is 6.22. The van der Waals surface area contributed by atoms with Crippen LogP contribution in [-0.4, -0.2) is 27.2 Å². The molecule has 2 unspecified atom stereocenters. The quantitative estimate of drug-likeness (QED) is 0.706. The molecule has 1 saturated heterocycles. The van der Waals surface area contributed by atoms with Crippen molar-refractivity contribution < 1.29 is 22.8 Å². The van der Waals surface area contributed by atoms with Gasteiger partial charge in [0.05, 0.1) is 23.2 Å². The number of hydrogen-bond donors (Lipinski definition) is 2. The molecule has 2 atom stereocenters. The molecule has 3 rings (SSSR count). The first kappa shape index (κ1) is 19.5. The molecule has 1 aliphatic heterocycles. The first-order valence-corrected chi connectivity index (χ1v) is 10.2. The van der Waals surface area contributed by atoms with E-state index >= 15 is 0 Å². The van der Waals surface area contributed by atoms with Crippen molar-refractivity contribution in [2.45, 2.75) is 36.9 Å². The number of benzene rings is 2. The Morgan fingerprint density at radius 3 is 2.56 bits per heavy atom. The van der Waals surface area contributed by atoms with E-state index < -0.39 is 22.2 Å². The molecule has 1 heterocycles. The molecule has 2 aromatic rings. The highest BCUT2D eigenvalue weighted by Gasteiger charge is 2.30. The molecular formula is C19H22N2O5S. The summed E-state index contributed by atoms with van der Waals surface area (Å²) in [5.74, 6) is -0.467. The summed E-state index contributed by atoms with van der Waals surface area (Å²) in [4.78, 5) is 17.4. The fraction of sp³-hybridized carbons (Fsp3) is 0.316. The van der Waals surface area contributed by atoms with E-state index in [1.165, 1.54) is 24.3 Å². The number of sulfonamides is 1. The average Bonchev–Trinajstić information content (AvgIpc) is 3.14. The van der Waals surface area contributed by atoms with Crippen molar-refractivity contribution in [1.29, 1.82) is 0 Å². The molecular weight excluding hydrogens is 368 g/mol. The number of carbonyl (C=O) groups is 1. The molecule has 7 nitrogen and oxygen atoms in total. The van der Waals surface area contributed by atoms with Gasteiger partial charge in [-0.2, -0.15) is 10.2 Å². The molecule has 0 aliphatic carbocycles. The Bertz CT molecular complexity index is 869. The second kappa shape index (κ2) is 8.62. The summed E-state index contributed by atoms with van der Waals surface area (Å²) in [5.41, 5.74) is 4.01. The Balaban J connectivity index is 1.62. The van der Waals surface area contributed by atoms with Crippen LogP contribution >= 0.6 is 0 Å². The van der Waals surface area contributed by atoms with E-state index in [0.717, 1.165) is 12.0 Å². The number of rotatable bonds is 7. The van der Waals surface area contributed by atoms with Crippen molar-refractivity contribution in [2.75, 3.05) is 6.61 Å². The fourth-order valence-corrected chi connectivity index (χ4v) is 3.87. The van der Waals surface area contributed by atoms with Crippen LogP contribution in [0, 0.1) is 0 Å². The summed E-state index contributed by atoms with van der Waals surface area (Å²) < 4.78 is 32.7. The standard InChI is InChI=1S/C19H22N2O5S/c1-2-12-25-19(22)15-8-10-16(11-9-15)27(23,24)21-18-13-17(26-20-18)14-6-4-3-5-7-14/h3-11,17-18,20-21H,2,12-13H2,1H3. The number of carbonyl (C=O) groups excluding carboxylic acids is 1. The third-order valence-corrected chi connectivity index (χ3v) is 5.60. The van der Waals surface area contributed by atoms with Crippen LogP contribution in [-0.2, 0) is 19.6 Å². The molecule has 2 N–H and O–H groups in total. The largest absolute Gasteiger partial charge is 0.462 e. The maximum absolute atomic E-state index is 12.6. The first-order chi connectivity index (χ1) is 13.0. The molecule has 0 radical (unpaired) electrons. The smallest absolute Gasteiger partial charge is 0.338 e. The van der Waals surface area contributed by atoms with Gasteiger partial charge < -0.3 is 4.74 Å². The lowest BCUT2D eigenvalue weighted by Gasteiger charge is -2.12. The minimum absolute atomic E-state index is 0.0690. The van der Waals surface area contributed by atoms with Crippen LogP contribution < -0.4 is 10.2 Å². The minimum Gasteiger partial charge on any atom is -0.462 e. The Morgan fingerprint density at radius 2 is 1.89 bits per heavy atom. The van der Waals surface area contributed by atoms with E-state index in [0.29, 0.717) is 18.6 Å². The Hall–Kier alpha value is -2.26.